The summed E-state index contributed by atoms with van der Waals surface area (Å²) in [4.78, 5) is 12.8. The van der Waals surface area contributed by atoms with Crippen molar-refractivity contribution in [2.45, 2.75) is 28.6 Å². The maximum atomic E-state index is 15.4. The molecular formula is C25H26ClF2NO8S2. The van der Waals surface area contributed by atoms with E-state index < -0.39 is 65.5 Å². The quantitative estimate of drug-likeness (QED) is 0.450. The van der Waals surface area contributed by atoms with Crippen LogP contribution in [0.25, 0.3) is 0 Å². The van der Waals surface area contributed by atoms with E-state index in [1.165, 1.54) is 29.2 Å². The molecule has 0 saturated carbocycles. The summed E-state index contributed by atoms with van der Waals surface area (Å²) in [5.41, 5.74) is -0.419. The molecule has 212 valence electrons. The molecular weight excluding hydrogens is 580 g/mol. The van der Waals surface area contributed by atoms with Crippen molar-refractivity contribution in [3.63, 3.8) is 0 Å². The molecule has 0 aromatic heterocycles. The van der Waals surface area contributed by atoms with Crippen LogP contribution in [0.15, 0.2) is 41.3 Å². The van der Waals surface area contributed by atoms with Crippen LogP contribution in [0.3, 0.4) is 0 Å². The van der Waals surface area contributed by atoms with Crippen molar-refractivity contribution in [3.8, 4) is 5.75 Å². The third kappa shape index (κ3) is 4.98. The summed E-state index contributed by atoms with van der Waals surface area (Å²) in [5, 5.41) is 0.296. The highest BCUT2D eigenvalue weighted by Crippen LogP contribution is 2.55. The second-order valence-corrected chi connectivity index (χ2v) is 14.6. The zero-order chi connectivity index (χ0) is 28.0. The highest BCUT2D eigenvalue weighted by molar-refractivity contribution is 7.92. The zero-order valence-electron chi connectivity index (χ0n) is 20.6. The number of ether oxygens (including phenoxy) is 3. The van der Waals surface area contributed by atoms with Crippen molar-refractivity contribution >= 4 is 37.4 Å². The summed E-state index contributed by atoms with van der Waals surface area (Å²) >= 11 is 5.96. The number of rotatable bonds is 8. The van der Waals surface area contributed by atoms with E-state index in [4.69, 9.17) is 25.8 Å². The van der Waals surface area contributed by atoms with E-state index >= 15 is 4.39 Å². The van der Waals surface area contributed by atoms with Crippen molar-refractivity contribution < 1.29 is 44.6 Å². The van der Waals surface area contributed by atoms with E-state index in [9.17, 15) is 26.0 Å². The van der Waals surface area contributed by atoms with Crippen molar-refractivity contribution in [2.75, 3.05) is 44.4 Å². The smallest absolute Gasteiger partial charge is 0.409 e. The molecule has 2 saturated heterocycles. The second-order valence-electron chi connectivity index (χ2n) is 9.70. The fraction of sp³-hybridized carbons (Fsp3) is 0.480. The van der Waals surface area contributed by atoms with Gasteiger partial charge in [0.25, 0.3) is 0 Å². The molecule has 2 fully saturated rings. The van der Waals surface area contributed by atoms with Gasteiger partial charge in [0.1, 0.15) is 17.2 Å². The molecule has 0 spiro atoms. The van der Waals surface area contributed by atoms with Crippen LogP contribution in [0, 0.1) is 17.6 Å². The number of halogens is 3. The molecule has 1 amide bonds. The Hall–Kier alpha value is -2.48. The number of hydrogen-bond donors (Lipinski definition) is 0. The number of carbonyl (C=O) groups is 1. The molecule has 3 aliphatic heterocycles. The van der Waals surface area contributed by atoms with Crippen LogP contribution in [-0.2, 0) is 33.9 Å². The fourth-order valence-corrected chi connectivity index (χ4v) is 9.37. The van der Waals surface area contributed by atoms with Crippen LogP contribution in [0.1, 0.15) is 18.4 Å². The Morgan fingerprint density at radius 3 is 2.38 bits per heavy atom. The Kier molecular flexibility index (Phi) is 7.55. The van der Waals surface area contributed by atoms with Gasteiger partial charge in [0.15, 0.2) is 31.2 Å². The van der Waals surface area contributed by atoms with E-state index in [-0.39, 0.29) is 55.6 Å². The molecule has 0 radical (unpaired) electrons. The summed E-state index contributed by atoms with van der Waals surface area (Å²) < 4.78 is 98.8. The van der Waals surface area contributed by atoms with Crippen LogP contribution in [0.5, 0.6) is 5.75 Å². The van der Waals surface area contributed by atoms with Crippen LogP contribution in [-0.4, -0.2) is 78.3 Å². The number of benzene rings is 2. The van der Waals surface area contributed by atoms with Gasteiger partial charge in [-0.05, 0) is 49.2 Å². The Labute approximate surface area is 229 Å². The van der Waals surface area contributed by atoms with E-state index in [2.05, 4.69) is 0 Å². The van der Waals surface area contributed by atoms with Gasteiger partial charge >= 0.3 is 6.09 Å². The summed E-state index contributed by atoms with van der Waals surface area (Å²) in [6, 6.07) is 7.11. The molecule has 14 heteroatoms. The molecule has 9 nitrogen and oxygen atoms in total. The normalized spacial score (nSPS) is 25.0. The van der Waals surface area contributed by atoms with E-state index in [1.54, 1.807) is 0 Å². The predicted octanol–water partition coefficient (Wildman–Crippen LogP) is 3.34. The van der Waals surface area contributed by atoms with Gasteiger partial charge in [-0.15, -0.1) is 0 Å². The molecule has 3 atom stereocenters. The minimum Gasteiger partial charge on any atom is -0.490 e. The van der Waals surface area contributed by atoms with Crippen molar-refractivity contribution in [2.24, 2.45) is 5.92 Å². The summed E-state index contributed by atoms with van der Waals surface area (Å²) in [5.74, 6) is -4.05. The third-order valence-corrected chi connectivity index (χ3v) is 12.1. The highest BCUT2D eigenvalue weighted by atomic mass is 35.5. The number of sulfone groups is 2. The number of fused-ring (bicyclic) bond motifs is 3. The number of amides is 1. The van der Waals surface area contributed by atoms with Crippen LogP contribution in [0.2, 0.25) is 5.02 Å². The van der Waals surface area contributed by atoms with E-state index in [0.717, 1.165) is 12.1 Å². The van der Waals surface area contributed by atoms with Gasteiger partial charge < -0.3 is 19.1 Å². The lowest BCUT2D eigenvalue weighted by atomic mass is 9.75. The maximum absolute atomic E-state index is 15.4. The Morgan fingerprint density at radius 1 is 0.974 bits per heavy atom. The molecule has 0 unspecified atom stereocenters. The molecule has 0 aliphatic carbocycles. The summed E-state index contributed by atoms with van der Waals surface area (Å²) in [6.07, 6.45) is -1.83. The number of cyclic esters (lactones) is 1. The van der Waals surface area contributed by atoms with Gasteiger partial charge in [0, 0.05) is 24.1 Å². The summed E-state index contributed by atoms with van der Waals surface area (Å²) in [7, 11) is -8.09. The SMILES string of the molecule is O=C1OCCN1CCS(=O)(=O)CC[C@@H]1OCC[C@@]2(S(=O)(=O)c3ccc(Cl)cc3)c3c(F)ccc(F)c3OC[C@@H]12. The lowest BCUT2D eigenvalue weighted by Crippen LogP contribution is -2.57. The molecule has 0 N–H and O–H groups in total. The molecule has 39 heavy (non-hydrogen) atoms. The van der Waals surface area contributed by atoms with Crippen molar-refractivity contribution in [1.82, 2.24) is 4.90 Å². The third-order valence-electron chi connectivity index (χ3n) is 7.58. The fourth-order valence-electron chi connectivity index (χ4n) is 5.61. The van der Waals surface area contributed by atoms with Crippen LogP contribution < -0.4 is 4.74 Å². The molecule has 2 aromatic carbocycles. The van der Waals surface area contributed by atoms with Crippen LogP contribution in [0.4, 0.5) is 13.6 Å². The lowest BCUT2D eigenvalue weighted by Gasteiger charge is -2.50. The average molecular weight is 606 g/mol. The van der Waals surface area contributed by atoms with Gasteiger partial charge in [0.2, 0.25) is 0 Å². The first-order valence-electron chi connectivity index (χ1n) is 12.3. The average Bonchev–Trinajstić information content (AvgIpc) is 3.32. The number of carbonyl (C=O) groups excluding carboxylic acids is 1. The molecule has 3 aliphatic rings. The van der Waals surface area contributed by atoms with Gasteiger partial charge in [-0.1, -0.05) is 11.6 Å². The first-order chi connectivity index (χ1) is 18.5. The summed E-state index contributed by atoms with van der Waals surface area (Å²) in [6.45, 7) is -0.00899. The molecule has 5 rings (SSSR count). The zero-order valence-corrected chi connectivity index (χ0v) is 23.0. The lowest BCUT2D eigenvalue weighted by molar-refractivity contribution is -0.0732. The Bertz CT molecular complexity index is 1490. The Balaban J connectivity index is 1.49. The predicted molar refractivity (Wildman–Crippen MR) is 136 cm³/mol. The van der Waals surface area contributed by atoms with Crippen LogP contribution >= 0.6 is 11.6 Å². The first kappa shape index (κ1) is 28.1. The van der Waals surface area contributed by atoms with Crippen molar-refractivity contribution in [3.05, 3.63) is 58.6 Å². The first-order valence-corrected chi connectivity index (χ1v) is 16.0. The van der Waals surface area contributed by atoms with Gasteiger partial charge in [-0.3, -0.25) is 0 Å². The number of nitrogens with zero attached hydrogens (tertiary/aromatic N) is 1. The highest BCUT2D eigenvalue weighted by Gasteiger charge is 2.61. The minimum atomic E-state index is -4.40. The van der Waals surface area contributed by atoms with Crippen molar-refractivity contribution in [1.29, 1.82) is 0 Å². The van der Waals surface area contributed by atoms with E-state index in [1.807, 2.05) is 0 Å². The monoisotopic (exact) mass is 605 g/mol. The largest absolute Gasteiger partial charge is 0.490 e. The van der Waals surface area contributed by atoms with Gasteiger partial charge in [-0.2, -0.15) is 0 Å². The number of hydrogen-bond acceptors (Lipinski definition) is 8. The minimum absolute atomic E-state index is 0.0357. The Morgan fingerprint density at radius 2 is 1.69 bits per heavy atom. The van der Waals surface area contributed by atoms with E-state index in [0.29, 0.717) is 11.6 Å². The van der Waals surface area contributed by atoms with Gasteiger partial charge in [-0.25, -0.2) is 30.4 Å². The second kappa shape index (κ2) is 10.5. The van der Waals surface area contributed by atoms with Gasteiger partial charge in [0.05, 0.1) is 41.2 Å². The molecule has 3 heterocycles. The topological polar surface area (TPSA) is 116 Å². The molecule has 2 aromatic rings. The molecule has 0 bridgehead atoms. The maximum Gasteiger partial charge on any atom is 0.409 e. The standard InChI is InChI=1S/C25H26ClF2NO8S2/c26-16-1-3-17(4-2-16)39(33,34)25-8-11-35-21(7-13-38(31,32)14-10-29-9-12-36-24(29)30)18(25)15-37-23-20(28)6-5-19(27)22(23)25/h1-6,18,21H,7-15H2/t18-,21-,25-/m0/s1.